The molecule has 6 heteroatoms. The summed E-state index contributed by atoms with van der Waals surface area (Å²) >= 11 is 3.30. The molecule has 2 aromatic carbocycles. The third-order valence-corrected chi connectivity index (χ3v) is 4.40. The van der Waals surface area contributed by atoms with Crippen LogP contribution in [0.25, 0.3) is 0 Å². The molecule has 0 N–H and O–H groups in total. The second-order valence-corrected chi connectivity index (χ2v) is 7.58. The van der Waals surface area contributed by atoms with E-state index in [1.807, 2.05) is 32.0 Å². The molecule has 0 aliphatic carbocycles. The number of hydrogen-bond donors (Lipinski definition) is 0. The van der Waals surface area contributed by atoms with Crippen molar-refractivity contribution in [1.82, 2.24) is 0 Å². The molecular weight excluding hydrogens is 400 g/mol. The first kappa shape index (κ1) is 18.5. The summed E-state index contributed by atoms with van der Waals surface area (Å²) in [6, 6.07) is 12.5. The summed E-state index contributed by atoms with van der Waals surface area (Å²) in [5.41, 5.74) is 1.23. The maximum absolute atomic E-state index is 12.0. The van der Waals surface area contributed by atoms with Gasteiger partial charge in [0.2, 0.25) is 0 Å². The number of fused-ring (bicyclic) bond motifs is 1. The van der Waals surface area contributed by atoms with Gasteiger partial charge in [0, 0.05) is 22.0 Å². The van der Waals surface area contributed by atoms with Gasteiger partial charge in [-0.3, -0.25) is 4.79 Å². The van der Waals surface area contributed by atoms with Crippen molar-refractivity contribution in [3.63, 3.8) is 0 Å². The Hall–Kier alpha value is -2.34. The Morgan fingerprint density at radius 3 is 2.69 bits per heavy atom. The number of carbonyl (C=O) groups excluding carboxylic acids is 2. The van der Waals surface area contributed by atoms with Gasteiger partial charge in [-0.1, -0.05) is 40.2 Å². The van der Waals surface area contributed by atoms with E-state index >= 15 is 0 Å². The molecule has 26 heavy (non-hydrogen) atoms. The first-order chi connectivity index (χ1) is 12.3. The minimum Gasteiger partial charge on any atom is -0.483 e. The van der Waals surface area contributed by atoms with E-state index in [0.29, 0.717) is 17.1 Å². The molecule has 0 spiro atoms. The minimum atomic E-state index is -0.608. The van der Waals surface area contributed by atoms with Gasteiger partial charge in [0.15, 0.2) is 30.5 Å². The van der Waals surface area contributed by atoms with Gasteiger partial charge >= 0.3 is 5.97 Å². The number of Topliss-reactive ketones (excluding diaryl/α,β-unsaturated/α-hetero) is 1. The SMILES string of the molecule is CC1(C)Cc2cccc(OCC(=O)OCC(=O)c3cccc(Br)c3)c2O1. The van der Waals surface area contributed by atoms with E-state index in [2.05, 4.69) is 15.9 Å². The van der Waals surface area contributed by atoms with Crippen molar-refractivity contribution in [1.29, 1.82) is 0 Å². The van der Waals surface area contributed by atoms with E-state index in [1.54, 1.807) is 24.3 Å². The van der Waals surface area contributed by atoms with Crippen LogP contribution in [0.4, 0.5) is 0 Å². The molecule has 0 amide bonds. The largest absolute Gasteiger partial charge is 0.483 e. The van der Waals surface area contributed by atoms with Gasteiger partial charge in [0.05, 0.1) is 0 Å². The minimum absolute atomic E-state index is 0.273. The van der Waals surface area contributed by atoms with Crippen LogP contribution in [0.1, 0.15) is 29.8 Å². The van der Waals surface area contributed by atoms with Gasteiger partial charge in [0.25, 0.3) is 0 Å². The molecular formula is C20H19BrO5. The Morgan fingerprint density at radius 2 is 1.92 bits per heavy atom. The lowest BCUT2D eigenvalue weighted by Gasteiger charge is -2.18. The van der Waals surface area contributed by atoms with Gasteiger partial charge < -0.3 is 14.2 Å². The topological polar surface area (TPSA) is 61.8 Å². The number of para-hydroxylation sites is 1. The average Bonchev–Trinajstić information content (AvgIpc) is 2.92. The molecule has 0 atom stereocenters. The number of hydrogen-bond acceptors (Lipinski definition) is 5. The monoisotopic (exact) mass is 418 g/mol. The number of ether oxygens (including phenoxy) is 3. The summed E-state index contributed by atoms with van der Waals surface area (Å²) in [5.74, 6) is 0.285. The van der Waals surface area contributed by atoms with Crippen LogP contribution < -0.4 is 9.47 Å². The van der Waals surface area contributed by atoms with E-state index in [1.165, 1.54) is 0 Å². The lowest BCUT2D eigenvalue weighted by molar-refractivity contribution is -0.144. The molecule has 1 aliphatic heterocycles. The van der Waals surface area contributed by atoms with Crippen LogP contribution in [0, 0.1) is 0 Å². The molecule has 1 aliphatic rings. The van der Waals surface area contributed by atoms with Crippen LogP contribution in [0.15, 0.2) is 46.9 Å². The number of carbonyl (C=O) groups is 2. The van der Waals surface area contributed by atoms with Gasteiger partial charge in [-0.05, 0) is 32.0 Å². The highest BCUT2D eigenvalue weighted by atomic mass is 79.9. The first-order valence-corrected chi connectivity index (χ1v) is 9.01. The molecule has 0 unspecified atom stereocenters. The van der Waals surface area contributed by atoms with Crippen LogP contribution >= 0.6 is 15.9 Å². The lowest BCUT2D eigenvalue weighted by atomic mass is 10.0. The molecule has 0 saturated carbocycles. The fourth-order valence-corrected chi connectivity index (χ4v) is 3.17. The average molecular weight is 419 g/mol. The van der Waals surface area contributed by atoms with Crippen LogP contribution in [-0.4, -0.2) is 30.6 Å². The Balaban J connectivity index is 1.53. The molecule has 0 aromatic heterocycles. The van der Waals surface area contributed by atoms with Gasteiger partial charge in [-0.15, -0.1) is 0 Å². The molecule has 136 valence electrons. The van der Waals surface area contributed by atoms with Crippen molar-refractivity contribution in [3.8, 4) is 11.5 Å². The molecule has 0 fully saturated rings. The summed E-state index contributed by atoms with van der Waals surface area (Å²) in [6.45, 7) is 3.39. The predicted molar refractivity (Wildman–Crippen MR) is 99.8 cm³/mol. The zero-order valence-electron chi connectivity index (χ0n) is 14.6. The lowest BCUT2D eigenvalue weighted by Crippen LogP contribution is -2.25. The Morgan fingerprint density at radius 1 is 1.15 bits per heavy atom. The van der Waals surface area contributed by atoms with Crippen LogP contribution in [0.3, 0.4) is 0 Å². The summed E-state index contributed by atoms with van der Waals surface area (Å²) in [4.78, 5) is 23.9. The third kappa shape index (κ3) is 4.43. The molecule has 0 bridgehead atoms. The van der Waals surface area contributed by atoms with E-state index in [0.717, 1.165) is 16.5 Å². The molecule has 1 heterocycles. The standard InChI is InChI=1S/C20H19BrO5/c1-20(2)10-14-6-4-8-17(19(14)26-20)24-12-18(23)25-11-16(22)13-5-3-7-15(21)9-13/h3-9H,10-12H2,1-2H3. The maximum atomic E-state index is 12.0. The van der Waals surface area contributed by atoms with E-state index in [-0.39, 0.29) is 24.6 Å². The van der Waals surface area contributed by atoms with Crippen molar-refractivity contribution in [3.05, 3.63) is 58.1 Å². The molecule has 0 radical (unpaired) electrons. The third-order valence-electron chi connectivity index (χ3n) is 3.91. The van der Waals surface area contributed by atoms with Gasteiger partial charge in [-0.2, -0.15) is 0 Å². The van der Waals surface area contributed by atoms with Crippen molar-refractivity contribution in [2.45, 2.75) is 25.9 Å². The predicted octanol–water partition coefficient (Wildman–Crippen LogP) is 3.97. The first-order valence-electron chi connectivity index (χ1n) is 8.22. The summed E-state index contributed by atoms with van der Waals surface area (Å²) in [6.07, 6.45) is 0.783. The van der Waals surface area contributed by atoms with Crippen molar-refractivity contribution in [2.75, 3.05) is 13.2 Å². The normalized spacial score (nSPS) is 14.3. The highest BCUT2D eigenvalue weighted by Gasteiger charge is 2.32. The number of esters is 1. The fourth-order valence-electron chi connectivity index (χ4n) is 2.77. The maximum Gasteiger partial charge on any atom is 0.344 e. The van der Waals surface area contributed by atoms with E-state index in [9.17, 15) is 9.59 Å². The second-order valence-electron chi connectivity index (χ2n) is 6.67. The molecule has 2 aromatic rings. The fraction of sp³-hybridized carbons (Fsp3) is 0.300. The number of ketones is 1. The Labute approximate surface area is 160 Å². The van der Waals surface area contributed by atoms with E-state index < -0.39 is 5.97 Å². The van der Waals surface area contributed by atoms with Crippen molar-refractivity contribution >= 4 is 27.7 Å². The van der Waals surface area contributed by atoms with Gasteiger partial charge in [-0.25, -0.2) is 4.79 Å². The van der Waals surface area contributed by atoms with Gasteiger partial charge in [0.1, 0.15) is 5.60 Å². The summed E-state index contributed by atoms with van der Waals surface area (Å²) in [5, 5.41) is 0. The quantitative estimate of drug-likeness (QED) is 0.524. The molecule has 0 saturated heterocycles. The molecule has 3 rings (SSSR count). The van der Waals surface area contributed by atoms with Crippen molar-refractivity contribution < 1.29 is 23.8 Å². The van der Waals surface area contributed by atoms with Crippen LogP contribution in [0.2, 0.25) is 0 Å². The number of halogens is 1. The number of rotatable bonds is 6. The number of benzene rings is 2. The zero-order chi connectivity index (χ0) is 18.7. The molecule has 5 nitrogen and oxygen atoms in total. The Bertz CT molecular complexity index is 844. The smallest absolute Gasteiger partial charge is 0.344 e. The second kappa shape index (κ2) is 7.50. The van der Waals surface area contributed by atoms with E-state index in [4.69, 9.17) is 14.2 Å². The Kier molecular flexibility index (Phi) is 5.32. The highest BCUT2D eigenvalue weighted by molar-refractivity contribution is 9.10. The zero-order valence-corrected chi connectivity index (χ0v) is 16.2. The van der Waals surface area contributed by atoms with Crippen LogP contribution in [-0.2, 0) is 16.0 Å². The summed E-state index contributed by atoms with van der Waals surface area (Å²) in [7, 11) is 0. The van der Waals surface area contributed by atoms with Crippen molar-refractivity contribution in [2.24, 2.45) is 0 Å². The summed E-state index contributed by atoms with van der Waals surface area (Å²) < 4.78 is 17.2. The highest BCUT2D eigenvalue weighted by Crippen LogP contribution is 2.41. The van der Waals surface area contributed by atoms with Crippen LogP contribution in [0.5, 0.6) is 11.5 Å².